The molecule has 0 aliphatic rings. The summed E-state index contributed by atoms with van der Waals surface area (Å²) in [6, 6.07) is 19.6. The third kappa shape index (κ3) is 9.92. The van der Waals surface area contributed by atoms with Gasteiger partial charge in [-0.1, -0.05) is 49.1 Å². The van der Waals surface area contributed by atoms with Crippen LogP contribution in [0.1, 0.15) is 30.9 Å². The molecule has 1 amide bonds. The van der Waals surface area contributed by atoms with E-state index in [0.29, 0.717) is 34.8 Å². The van der Waals surface area contributed by atoms with Crippen molar-refractivity contribution >= 4 is 41.0 Å². The van der Waals surface area contributed by atoms with Crippen LogP contribution in [0.5, 0.6) is 0 Å². The highest BCUT2D eigenvalue weighted by molar-refractivity contribution is 8.04. The van der Waals surface area contributed by atoms with Gasteiger partial charge in [0.15, 0.2) is 0 Å². The first-order valence-corrected chi connectivity index (χ1v) is 14.5. The number of rotatable bonds is 13. The number of halogens is 3. The Hall–Kier alpha value is -4.74. The van der Waals surface area contributed by atoms with Crippen LogP contribution in [0.15, 0.2) is 119 Å². The number of thioether (sulfide) groups is 1. The molecule has 3 rings (SSSR count). The van der Waals surface area contributed by atoms with E-state index in [4.69, 9.17) is 11.6 Å². The van der Waals surface area contributed by atoms with Crippen LogP contribution in [0.4, 0.5) is 24.5 Å². The zero-order valence-electron chi connectivity index (χ0n) is 24.5. The third-order valence-corrected chi connectivity index (χ3v) is 6.95. The van der Waals surface area contributed by atoms with Crippen LogP contribution in [-0.2, 0) is 11.0 Å². The lowest BCUT2D eigenvalue weighted by atomic mass is 10.0. The molecule has 0 aliphatic heterocycles. The second kappa shape index (κ2) is 16.2. The Labute approximate surface area is 260 Å². The molecule has 11 heteroatoms. The van der Waals surface area contributed by atoms with Crippen LogP contribution in [0, 0.1) is 0 Å². The van der Waals surface area contributed by atoms with Gasteiger partial charge in [0.05, 0.1) is 22.6 Å². The quantitative estimate of drug-likeness (QED) is 0.0787. The number of hydrogen-bond acceptors (Lipinski definition) is 7. The van der Waals surface area contributed by atoms with E-state index in [1.54, 1.807) is 30.5 Å². The van der Waals surface area contributed by atoms with Crippen LogP contribution in [0.2, 0.25) is 0 Å². The van der Waals surface area contributed by atoms with Crippen molar-refractivity contribution in [3.63, 3.8) is 0 Å². The Morgan fingerprint density at radius 1 is 0.977 bits per heavy atom. The van der Waals surface area contributed by atoms with Crippen LogP contribution >= 0.6 is 11.8 Å². The van der Waals surface area contributed by atoms with Crippen LogP contribution < -0.4 is 26.9 Å². The van der Waals surface area contributed by atoms with Gasteiger partial charge in [0.25, 0.3) is 0 Å². The summed E-state index contributed by atoms with van der Waals surface area (Å²) in [6.07, 6.45) is 3.22. The first kappa shape index (κ1) is 33.8. The Bertz CT molecular complexity index is 1510. The summed E-state index contributed by atoms with van der Waals surface area (Å²) < 4.78 is 38.9. The number of alkyl halides is 3. The summed E-state index contributed by atoms with van der Waals surface area (Å²) in [5.41, 5.74) is 9.90. The molecule has 0 atom stereocenters. The van der Waals surface area contributed by atoms with E-state index in [1.165, 1.54) is 28.9 Å². The number of hydrogen-bond donors (Lipinski definition) is 3. The molecule has 230 valence electrons. The van der Waals surface area contributed by atoms with Crippen molar-refractivity contribution in [2.45, 2.75) is 25.9 Å². The highest BCUT2D eigenvalue weighted by Crippen LogP contribution is 2.32. The van der Waals surface area contributed by atoms with Crippen LogP contribution in [0.25, 0.3) is 16.8 Å². The van der Waals surface area contributed by atoms with Gasteiger partial charge in [-0.05, 0) is 83.3 Å². The van der Waals surface area contributed by atoms with Gasteiger partial charge in [0, 0.05) is 31.6 Å². The molecule has 0 saturated carbocycles. The lowest BCUT2D eigenvalue weighted by molar-refractivity contribution is -0.137. The highest BCUT2D eigenvalue weighted by atomic mass is 32.2. The number of hydrazone groups is 1. The fraction of sp³-hybridized carbons (Fsp3) is 0.152. The van der Waals surface area contributed by atoms with Crippen LogP contribution in [0.3, 0.4) is 0 Å². The molecule has 0 saturated heterocycles. The molecule has 0 fully saturated rings. The van der Waals surface area contributed by atoms with E-state index in [2.05, 4.69) is 17.0 Å². The predicted molar refractivity (Wildman–Crippen MR) is 177 cm³/mol. The second-order valence-corrected chi connectivity index (χ2v) is 10.2. The predicted octanol–water partition coefficient (Wildman–Crippen LogP) is 7.62. The normalized spacial score (nSPS) is 12.3. The van der Waals surface area contributed by atoms with Gasteiger partial charge in [-0.25, -0.2) is 10.9 Å². The summed E-state index contributed by atoms with van der Waals surface area (Å²) in [6.45, 7) is 6.17. The molecule has 44 heavy (non-hydrogen) atoms. The van der Waals surface area contributed by atoms with E-state index < -0.39 is 11.7 Å². The molecule has 0 aromatic heterocycles. The second-order valence-electron chi connectivity index (χ2n) is 9.38. The van der Waals surface area contributed by atoms with E-state index in [1.807, 2.05) is 72.3 Å². The summed E-state index contributed by atoms with van der Waals surface area (Å²) in [5, 5.41) is 14.0. The topological polar surface area (TPSA) is 100.0 Å². The molecule has 0 radical (unpaired) electrons. The van der Waals surface area contributed by atoms with E-state index in [0.717, 1.165) is 23.3 Å². The minimum atomic E-state index is -4.39. The van der Waals surface area contributed by atoms with Crippen molar-refractivity contribution in [1.29, 1.82) is 0 Å². The SMILES string of the molecule is C=C(c1ccc(-c2ccc(C(F)(F)F)cc2)cc1)N(/N=C/CCC(=O)NC)c1ccc(N(N)/C=C(N)/C=C/S/C=C\C)cc1. The number of carbonyl (C=O) groups is 1. The Morgan fingerprint density at radius 2 is 1.57 bits per heavy atom. The smallest absolute Gasteiger partial charge is 0.397 e. The first-order valence-electron chi connectivity index (χ1n) is 13.6. The maximum atomic E-state index is 13.0. The molecule has 3 aromatic rings. The van der Waals surface area contributed by atoms with E-state index in [-0.39, 0.29) is 12.3 Å². The van der Waals surface area contributed by atoms with Gasteiger partial charge in [0.2, 0.25) is 5.91 Å². The fourth-order valence-corrected chi connectivity index (χ4v) is 4.35. The molecule has 7 nitrogen and oxygen atoms in total. The summed E-state index contributed by atoms with van der Waals surface area (Å²) >= 11 is 1.49. The van der Waals surface area contributed by atoms with Gasteiger partial charge in [-0.2, -0.15) is 18.3 Å². The zero-order chi connectivity index (χ0) is 32.1. The number of carbonyl (C=O) groups excluding carboxylic acids is 1. The Morgan fingerprint density at radius 3 is 2.14 bits per heavy atom. The van der Waals surface area contributed by atoms with Crippen molar-refractivity contribution < 1.29 is 18.0 Å². The molecule has 0 spiro atoms. The van der Waals surface area contributed by atoms with Gasteiger partial charge in [-0.15, -0.1) is 11.8 Å². The molecule has 0 heterocycles. The Kier molecular flexibility index (Phi) is 12.4. The van der Waals surface area contributed by atoms with Crippen molar-refractivity contribution in [3.05, 3.63) is 125 Å². The number of nitrogens with one attached hydrogen (secondary N) is 1. The van der Waals surface area contributed by atoms with E-state index >= 15 is 0 Å². The third-order valence-electron chi connectivity index (χ3n) is 6.23. The lowest BCUT2D eigenvalue weighted by Crippen LogP contribution is -2.25. The van der Waals surface area contributed by atoms with Gasteiger partial charge in [0.1, 0.15) is 0 Å². The molecule has 5 N–H and O–H groups in total. The average Bonchev–Trinajstić information content (AvgIpc) is 3.02. The molecule has 3 aromatic carbocycles. The number of benzene rings is 3. The minimum Gasteiger partial charge on any atom is -0.397 e. The van der Waals surface area contributed by atoms with Crippen molar-refractivity contribution in [2.24, 2.45) is 16.7 Å². The monoisotopic (exact) mass is 620 g/mol. The molecular formula is C33H35F3N6OS. The maximum absolute atomic E-state index is 13.0. The molecular weight excluding hydrogens is 585 g/mol. The van der Waals surface area contributed by atoms with E-state index in [9.17, 15) is 18.0 Å². The summed E-state index contributed by atoms with van der Waals surface area (Å²) in [5.74, 6) is 6.10. The van der Waals surface area contributed by atoms with Gasteiger partial charge < -0.3 is 11.1 Å². The molecule has 0 unspecified atom stereocenters. The highest BCUT2D eigenvalue weighted by Gasteiger charge is 2.30. The number of amides is 1. The Balaban J connectivity index is 1.83. The number of nitrogens with zero attached hydrogens (tertiary/aromatic N) is 3. The molecule has 0 bridgehead atoms. The number of allylic oxidation sites excluding steroid dienone is 2. The molecule has 0 aliphatic carbocycles. The first-order chi connectivity index (χ1) is 21.0. The van der Waals surface area contributed by atoms with Crippen molar-refractivity contribution in [2.75, 3.05) is 17.1 Å². The number of anilines is 2. The zero-order valence-corrected chi connectivity index (χ0v) is 25.3. The van der Waals surface area contributed by atoms with Crippen molar-refractivity contribution in [3.8, 4) is 11.1 Å². The minimum absolute atomic E-state index is 0.101. The van der Waals surface area contributed by atoms with Gasteiger partial charge >= 0.3 is 6.18 Å². The number of hydrazine groups is 1. The fourth-order valence-electron chi connectivity index (χ4n) is 3.87. The average molecular weight is 621 g/mol. The standard InChI is InChI=1S/C33H35F3N6OS/c1-4-21-44-22-19-29(37)23-41(38)30-15-17-31(18-16-30)42(40-20-5-6-32(43)39-3)24(2)25-7-9-26(10-8-25)27-11-13-28(14-12-27)33(34,35)36/h4,7-23H,2,5-6,37-38H2,1,3H3,(H,39,43)/b21-4-,22-19+,29-23-,40-20+. The van der Waals surface area contributed by atoms with Crippen molar-refractivity contribution in [1.82, 2.24) is 5.32 Å². The summed E-state index contributed by atoms with van der Waals surface area (Å²) in [4.78, 5) is 11.7. The lowest BCUT2D eigenvalue weighted by Gasteiger charge is -2.23. The number of nitrogens with two attached hydrogens (primary N) is 2. The van der Waals surface area contributed by atoms with Gasteiger partial charge in [-0.3, -0.25) is 9.80 Å². The summed E-state index contributed by atoms with van der Waals surface area (Å²) in [7, 11) is 1.58. The van der Waals surface area contributed by atoms with Crippen LogP contribution in [-0.4, -0.2) is 19.2 Å². The largest absolute Gasteiger partial charge is 0.416 e. The maximum Gasteiger partial charge on any atom is 0.416 e.